The molecule has 124 valence electrons. The molecule has 1 aliphatic heterocycles. The molecule has 0 saturated carbocycles. The highest BCUT2D eigenvalue weighted by molar-refractivity contribution is 5.93. The van der Waals surface area contributed by atoms with Gasteiger partial charge in [-0.1, -0.05) is 6.07 Å². The third-order valence-electron chi connectivity index (χ3n) is 4.13. The highest BCUT2D eigenvalue weighted by Gasteiger charge is 2.29. The molecule has 6 nitrogen and oxygen atoms in total. The Morgan fingerprint density at radius 3 is 3.08 bits per heavy atom. The van der Waals surface area contributed by atoms with E-state index in [0.29, 0.717) is 30.0 Å². The van der Waals surface area contributed by atoms with Crippen molar-refractivity contribution in [2.45, 2.75) is 13.0 Å². The zero-order valence-electron chi connectivity index (χ0n) is 13.1. The maximum atomic E-state index is 12.6. The van der Waals surface area contributed by atoms with E-state index >= 15 is 0 Å². The van der Waals surface area contributed by atoms with Gasteiger partial charge in [0.25, 0.3) is 5.91 Å². The van der Waals surface area contributed by atoms with Crippen molar-refractivity contribution in [2.24, 2.45) is 5.92 Å². The van der Waals surface area contributed by atoms with Crippen LogP contribution in [0.15, 0.2) is 41.0 Å². The minimum atomic E-state index is -0.180. The number of aliphatic hydroxyl groups excluding tert-OH is 1. The lowest BCUT2D eigenvalue weighted by atomic mass is 10.1. The average molecular weight is 326 g/mol. The Morgan fingerprint density at radius 2 is 2.33 bits per heavy atom. The number of hydrogen-bond donors (Lipinski definition) is 1. The van der Waals surface area contributed by atoms with Gasteiger partial charge in [0, 0.05) is 31.2 Å². The van der Waals surface area contributed by atoms with Crippen molar-refractivity contribution in [3.05, 3.63) is 53.5 Å². The molecular weight excluding hydrogens is 308 g/mol. The molecule has 1 aromatic carbocycles. The molecule has 6 heteroatoms. The summed E-state index contributed by atoms with van der Waals surface area (Å²) in [4.78, 5) is 14.2. The standard InChI is InChI=1S/C18H18N2O4/c19-9-13-2-1-3-16(8-13)24-12-15-5-7-23-17(15)18(22)20-6-4-14(10-20)11-21/h1-3,5,7-8,14,21H,4,6,10-12H2. The van der Waals surface area contributed by atoms with Gasteiger partial charge in [0.2, 0.25) is 0 Å². The molecule has 1 amide bonds. The van der Waals surface area contributed by atoms with Crippen LogP contribution in [0.25, 0.3) is 0 Å². The van der Waals surface area contributed by atoms with Gasteiger partial charge >= 0.3 is 0 Å². The first-order chi connectivity index (χ1) is 11.7. The third-order valence-corrected chi connectivity index (χ3v) is 4.13. The molecule has 0 radical (unpaired) electrons. The number of rotatable bonds is 5. The molecule has 3 rings (SSSR count). The Morgan fingerprint density at radius 1 is 1.46 bits per heavy atom. The number of nitrogens with zero attached hydrogens (tertiary/aromatic N) is 2. The van der Waals surface area contributed by atoms with Crippen LogP contribution in [-0.4, -0.2) is 35.6 Å². The van der Waals surface area contributed by atoms with Crippen LogP contribution in [-0.2, 0) is 6.61 Å². The van der Waals surface area contributed by atoms with Gasteiger partial charge in [-0.2, -0.15) is 5.26 Å². The van der Waals surface area contributed by atoms with E-state index in [4.69, 9.17) is 14.4 Å². The number of benzene rings is 1. The number of amides is 1. The van der Waals surface area contributed by atoms with E-state index < -0.39 is 0 Å². The fraction of sp³-hybridized carbons (Fsp3) is 0.333. The van der Waals surface area contributed by atoms with Crippen LogP contribution < -0.4 is 4.74 Å². The lowest BCUT2D eigenvalue weighted by molar-refractivity contribution is 0.0746. The van der Waals surface area contributed by atoms with E-state index in [9.17, 15) is 9.90 Å². The molecule has 0 spiro atoms. The minimum absolute atomic E-state index is 0.0904. The molecule has 1 unspecified atom stereocenters. The van der Waals surface area contributed by atoms with Gasteiger partial charge in [0.1, 0.15) is 12.4 Å². The van der Waals surface area contributed by atoms with E-state index in [0.717, 1.165) is 6.42 Å². The Kier molecular flexibility index (Phi) is 4.82. The number of carbonyl (C=O) groups excluding carboxylic acids is 1. The van der Waals surface area contributed by atoms with Crippen molar-refractivity contribution in [3.63, 3.8) is 0 Å². The van der Waals surface area contributed by atoms with Gasteiger partial charge in [0.05, 0.1) is 17.9 Å². The number of furan rings is 1. The van der Waals surface area contributed by atoms with Crippen molar-refractivity contribution in [1.29, 1.82) is 5.26 Å². The fourth-order valence-electron chi connectivity index (χ4n) is 2.76. The molecule has 1 atom stereocenters. The molecule has 0 aliphatic carbocycles. The number of likely N-dealkylation sites (tertiary alicyclic amines) is 1. The second-order valence-corrected chi connectivity index (χ2v) is 5.79. The van der Waals surface area contributed by atoms with Gasteiger partial charge in [-0.3, -0.25) is 4.79 Å². The number of carbonyl (C=O) groups is 1. The highest BCUT2D eigenvalue weighted by atomic mass is 16.5. The van der Waals surface area contributed by atoms with Crippen molar-refractivity contribution < 1.29 is 19.1 Å². The topological polar surface area (TPSA) is 86.7 Å². The Labute approximate surface area is 139 Å². The van der Waals surface area contributed by atoms with E-state index in [1.165, 1.54) is 6.26 Å². The van der Waals surface area contributed by atoms with Crippen LogP contribution in [0.5, 0.6) is 5.75 Å². The molecule has 1 N–H and O–H groups in total. The Balaban J connectivity index is 1.67. The quantitative estimate of drug-likeness (QED) is 0.910. The summed E-state index contributed by atoms with van der Waals surface area (Å²) in [6, 6.07) is 10.6. The van der Waals surface area contributed by atoms with E-state index in [1.54, 1.807) is 35.2 Å². The highest BCUT2D eigenvalue weighted by Crippen LogP contribution is 2.22. The number of ether oxygens (including phenoxy) is 1. The van der Waals surface area contributed by atoms with Gasteiger partial charge in [-0.15, -0.1) is 0 Å². The second-order valence-electron chi connectivity index (χ2n) is 5.79. The Bertz CT molecular complexity index is 762. The van der Waals surface area contributed by atoms with E-state index in [1.807, 2.05) is 0 Å². The predicted molar refractivity (Wildman–Crippen MR) is 85.3 cm³/mol. The summed E-state index contributed by atoms with van der Waals surface area (Å²) in [6.07, 6.45) is 2.27. The average Bonchev–Trinajstić information content (AvgIpc) is 3.28. The molecule has 2 heterocycles. The molecule has 1 fully saturated rings. The van der Waals surface area contributed by atoms with Crippen LogP contribution in [0.1, 0.15) is 28.1 Å². The van der Waals surface area contributed by atoms with Crippen molar-refractivity contribution >= 4 is 5.91 Å². The van der Waals surface area contributed by atoms with Gasteiger partial charge in [0.15, 0.2) is 5.76 Å². The summed E-state index contributed by atoms with van der Waals surface area (Å²) in [5, 5.41) is 18.1. The zero-order valence-corrected chi connectivity index (χ0v) is 13.1. The summed E-state index contributed by atoms with van der Waals surface area (Å²) in [6.45, 7) is 1.44. The maximum Gasteiger partial charge on any atom is 0.289 e. The smallest absolute Gasteiger partial charge is 0.289 e. The largest absolute Gasteiger partial charge is 0.489 e. The van der Waals surface area contributed by atoms with Crippen LogP contribution in [0.2, 0.25) is 0 Å². The normalized spacial score (nSPS) is 16.8. The third kappa shape index (κ3) is 3.42. The van der Waals surface area contributed by atoms with Gasteiger partial charge in [-0.25, -0.2) is 0 Å². The summed E-state index contributed by atoms with van der Waals surface area (Å²) in [7, 11) is 0. The molecule has 0 bridgehead atoms. The Hall–Kier alpha value is -2.78. The van der Waals surface area contributed by atoms with Crippen LogP contribution >= 0.6 is 0 Å². The van der Waals surface area contributed by atoms with E-state index in [2.05, 4.69) is 6.07 Å². The summed E-state index contributed by atoms with van der Waals surface area (Å²) >= 11 is 0. The van der Waals surface area contributed by atoms with Gasteiger partial charge < -0.3 is 19.2 Å². The van der Waals surface area contributed by atoms with Crippen LogP contribution in [0.3, 0.4) is 0 Å². The molecule has 1 aromatic heterocycles. The van der Waals surface area contributed by atoms with Gasteiger partial charge in [-0.05, 0) is 30.7 Å². The molecule has 1 saturated heterocycles. The summed E-state index contributed by atoms with van der Waals surface area (Å²) in [5.41, 5.74) is 1.18. The first kappa shape index (κ1) is 16.1. The molecule has 2 aromatic rings. The lowest BCUT2D eigenvalue weighted by Crippen LogP contribution is -2.29. The SMILES string of the molecule is N#Cc1cccc(OCc2ccoc2C(=O)N2CCC(CO)C2)c1. The van der Waals surface area contributed by atoms with Crippen LogP contribution in [0, 0.1) is 17.2 Å². The maximum absolute atomic E-state index is 12.6. The molecular formula is C18H18N2O4. The lowest BCUT2D eigenvalue weighted by Gasteiger charge is -2.15. The zero-order chi connectivity index (χ0) is 16.9. The summed E-state index contributed by atoms with van der Waals surface area (Å²) < 4.78 is 11.0. The monoisotopic (exact) mass is 326 g/mol. The second kappa shape index (κ2) is 7.20. The van der Waals surface area contributed by atoms with Crippen LogP contribution in [0.4, 0.5) is 0 Å². The van der Waals surface area contributed by atoms with E-state index in [-0.39, 0.29) is 30.8 Å². The minimum Gasteiger partial charge on any atom is -0.489 e. The van der Waals surface area contributed by atoms with Crippen molar-refractivity contribution in [2.75, 3.05) is 19.7 Å². The number of aliphatic hydroxyl groups is 1. The predicted octanol–water partition coefficient (Wildman–Crippen LogP) is 2.18. The van der Waals surface area contributed by atoms with Crippen molar-refractivity contribution in [3.8, 4) is 11.8 Å². The fourth-order valence-corrected chi connectivity index (χ4v) is 2.76. The first-order valence-corrected chi connectivity index (χ1v) is 7.80. The number of nitriles is 1. The summed E-state index contributed by atoms with van der Waals surface area (Å²) in [5.74, 6) is 0.790. The first-order valence-electron chi connectivity index (χ1n) is 7.80. The molecule has 1 aliphatic rings. The molecule has 24 heavy (non-hydrogen) atoms. The number of hydrogen-bond acceptors (Lipinski definition) is 5. The van der Waals surface area contributed by atoms with Crippen molar-refractivity contribution in [1.82, 2.24) is 4.90 Å².